The first-order valence-electron chi connectivity index (χ1n) is 8.15. The molecular weight excluding hydrogens is 278 g/mol. The third-order valence-corrected chi connectivity index (χ3v) is 4.66. The predicted molar refractivity (Wildman–Crippen MR) is 87.4 cm³/mol. The summed E-state index contributed by atoms with van der Waals surface area (Å²) in [5, 5.41) is 8.92. The summed E-state index contributed by atoms with van der Waals surface area (Å²) in [4.78, 5) is 10.8. The van der Waals surface area contributed by atoms with Crippen molar-refractivity contribution in [2.75, 3.05) is 6.61 Å². The Balaban J connectivity index is 0.000000254. The van der Waals surface area contributed by atoms with Crippen LogP contribution in [0.1, 0.15) is 56.2 Å². The van der Waals surface area contributed by atoms with E-state index in [2.05, 4.69) is 19.9 Å². The van der Waals surface area contributed by atoms with Crippen LogP contribution in [0, 0.1) is 5.92 Å². The van der Waals surface area contributed by atoms with Crippen LogP contribution in [0.3, 0.4) is 0 Å². The Labute approximate surface area is 132 Å². The number of rotatable bonds is 3. The van der Waals surface area contributed by atoms with E-state index in [0.717, 1.165) is 31.6 Å². The normalized spacial score (nSPS) is 19.8. The average molecular weight is 305 g/mol. The highest BCUT2D eigenvalue weighted by atomic mass is 16.5. The fourth-order valence-electron chi connectivity index (χ4n) is 2.96. The monoisotopic (exact) mass is 305 g/mol. The lowest BCUT2D eigenvalue weighted by Crippen LogP contribution is -2.21. The number of aryl methyl sites for hydroxylation is 1. The van der Waals surface area contributed by atoms with Gasteiger partial charge in [-0.05, 0) is 48.8 Å². The van der Waals surface area contributed by atoms with Crippen LogP contribution in [0.25, 0.3) is 0 Å². The van der Waals surface area contributed by atoms with Crippen LogP contribution in [0.2, 0.25) is 0 Å². The van der Waals surface area contributed by atoms with Crippen LogP contribution in [0.15, 0.2) is 12.1 Å². The molecule has 0 saturated heterocycles. The summed E-state index contributed by atoms with van der Waals surface area (Å²) in [6.07, 6.45) is 3.18. The first-order valence-corrected chi connectivity index (χ1v) is 8.15. The molecule has 22 heavy (non-hydrogen) atoms. The van der Waals surface area contributed by atoms with Gasteiger partial charge in [-0.3, -0.25) is 4.79 Å². The molecule has 0 saturated carbocycles. The second kappa shape index (κ2) is 7.14. The highest BCUT2D eigenvalue weighted by Crippen LogP contribution is 2.43. The first kappa shape index (κ1) is 16.8. The molecule has 3 rings (SSSR count). The summed E-state index contributed by atoms with van der Waals surface area (Å²) >= 11 is 0. The molecule has 4 nitrogen and oxygen atoms in total. The van der Waals surface area contributed by atoms with Crippen molar-refractivity contribution < 1.29 is 14.6 Å². The van der Waals surface area contributed by atoms with Gasteiger partial charge in [-0.25, -0.2) is 0 Å². The Morgan fingerprint density at radius 2 is 2.05 bits per heavy atom. The lowest BCUT2D eigenvalue weighted by atomic mass is 9.92. The van der Waals surface area contributed by atoms with E-state index in [0.29, 0.717) is 12.0 Å². The Morgan fingerprint density at radius 3 is 2.64 bits per heavy atom. The van der Waals surface area contributed by atoms with Crippen molar-refractivity contribution in [2.24, 2.45) is 11.7 Å². The fourth-order valence-corrected chi connectivity index (χ4v) is 2.96. The highest BCUT2D eigenvalue weighted by Gasteiger charge is 2.30. The van der Waals surface area contributed by atoms with Crippen LogP contribution < -0.4 is 10.5 Å². The summed E-state index contributed by atoms with van der Waals surface area (Å²) in [6.45, 7) is 6.99. The van der Waals surface area contributed by atoms with Gasteiger partial charge in [-0.15, -0.1) is 0 Å². The van der Waals surface area contributed by atoms with Crippen LogP contribution in [-0.2, 0) is 17.6 Å². The summed E-state index contributed by atoms with van der Waals surface area (Å²) in [5.41, 5.74) is 9.30. The number of carboxylic acid groups (broad SMARTS) is 1. The lowest BCUT2D eigenvalue weighted by Gasteiger charge is -2.12. The van der Waals surface area contributed by atoms with Crippen molar-refractivity contribution in [3.63, 3.8) is 0 Å². The molecule has 0 unspecified atom stereocenters. The predicted octanol–water partition coefficient (Wildman–Crippen LogP) is 3.12. The smallest absolute Gasteiger partial charge is 0.303 e. The van der Waals surface area contributed by atoms with Crippen LogP contribution in [0.5, 0.6) is 5.75 Å². The van der Waals surface area contributed by atoms with Gasteiger partial charge >= 0.3 is 5.97 Å². The van der Waals surface area contributed by atoms with E-state index in [-0.39, 0.29) is 12.3 Å². The molecule has 0 bridgehead atoms. The largest absolute Gasteiger partial charge is 0.493 e. The van der Waals surface area contributed by atoms with Crippen molar-refractivity contribution in [3.8, 4) is 5.75 Å². The van der Waals surface area contributed by atoms with E-state index in [1.165, 1.54) is 16.7 Å². The second-order valence-corrected chi connectivity index (χ2v) is 6.65. The molecule has 0 amide bonds. The molecule has 122 valence electrons. The molecule has 1 aliphatic carbocycles. The van der Waals surface area contributed by atoms with Crippen LogP contribution >= 0.6 is 0 Å². The summed E-state index contributed by atoms with van der Waals surface area (Å²) in [6, 6.07) is 4.48. The second-order valence-electron chi connectivity index (χ2n) is 6.65. The number of aliphatic carboxylic acids is 1. The Morgan fingerprint density at radius 1 is 1.36 bits per heavy atom. The third kappa shape index (κ3) is 3.80. The molecule has 1 aromatic rings. The number of fused-ring (bicyclic) bond motifs is 3. The van der Waals surface area contributed by atoms with E-state index in [1.54, 1.807) is 0 Å². The van der Waals surface area contributed by atoms with Crippen molar-refractivity contribution in [1.82, 2.24) is 0 Å². The Kier molecular flexibility index (Phi) is 5.46. The Hall–Kier alpha value is -1.55. The van der Waals surface area contributed by atoms with E-state index < -0.39 is 5.97 Å². The van der Waals surface area contributed by atoms with Crippen molar-refractivity contribution in [3.05, 3.63) is 28.8 Å². The van der Waals surface area contributed by atoms with Crippen LogP contribution in [0.4, 0.5) is 0 Å². The van der Waals surface area contributed by atoms with Gasteiger partial charge in [-0.2, -0.15) is 0 Å². The lowest BCUT2D eigenvalue weighted by molar-refractivity contribution is -0.137. The molecule has 0 spiro atoms. The van der Waals surface area contributed by atoms with E-state index >= 15 is 0 Å². The molecule has 2 aliphatic rings. The maximum atomic E-state index is 10.8. The minimum Gasteiger partial charge on any atom is -0.493 e. The minimum absolute atomic E-state index is 0.198. The van der Waals surface area contributed by atoms with Gasteiger partial charge < -0.3 is 15.6 Å². The van der Waals surface area contributed by atoms with Gasteiger partial charge in [0.1, 0.15) is 5.75 Å². The first-order chi connectivity index (χ1) is 10.4. The molecular formula is C18H27NO3. The summed E-state index contributed by atoms with van der Waals surface area (Å²) < 4.78 is 5.53. The van der Waals surface area contributed by atoms with Gasteiger partial charge in [-0.1, -0.05) is 19.9 Å². The van der Waals surface area contributed by atoms with E-state index in [4.69, 9.17) is 15.6 Å². The van der Waals surface area contributed by atoms with Crippen molar-refractivity contribution >= 4 is 5.97 Å². The fraction of sp³-hybridized carbons (Fsp3) is 0.611. The number of carboxylic acids is 1. The number of carbonyl (C=O) groups is 1. The molecule has 1 aromatic carbocycles. The average Bonchev–Trinajstić information content (AvgIpc) is 3.04. The quantitative estimate of drug-likeness (QED) is 0.900. The van der Waals surface area contributed by atoms with Gasteiger partial charge in [0.2, 0.25) is 0 Å². The molecule has 1 aliphatic heterocycles. The number of nitrogens with two attached hydrogens (primary N) is 1. The molecule has 0 radical (unpaired) electrons. The molecule has 0 aromatic heterocycles. The van der Waals surface area contributed by atoms with Gasteiger partial charge in [0.05, 0.1) is 13.0 Å². The number of hydrogen-bond acceptors (Lipinski definition) is 3. The van der Waals surface area contributed by atoms with E-state index in [1.807, 2.05) is 13.0 Å². The zero-order chi connectivity index (χ0) is 16.3. The standard InChI is InChI=1S/C13H14O3.C5H13N/c14-12(15)7-9-2-1-8-3-4-11-10(13(8)9)5-6-16-11;1-4(2)5(3)6/h3-4,9H,1-2,5-7H2,(H,14,15);4-5H,6H2,1-3H3/t9-;5-/m00/s1. The summed E-state index contributed by atoms with van der Waals surface area (Å²) in [5.74, 6) is 1.10. The third-order valence-electron chi connectivity index (χ3n) is 4.66. The van der Waals surface area contributed by atoms with Crippen molar-refractivity contribution in [2.45, 2.75) is 58.4 Å². The maximum absolute atomic E-state index is 10.8. The minimum atomic E-state index is -0.700. The zero-order valence-electron chi connectivity index (χ0n) is 13.8. The number of hydrogen-bond donors (Lipinski definition) is 2. The van der Waals surface area contributed by atoms with Gasteiger partial charge in [0, 0.05) is 18.0 Å². The van der Waals surface area contributed by atoms with Crippen molar-refractivity contribution in [1.29, 1.82) is 0 Å². The van der Waals surface area contributed by atoms with E-state index in [9.17, 15) is 4.79 Å². The molecule has 1 heterocycles. The molecule has 0 fully saturated rings. The summed E-state index contributed by atoms with van der Waals surface area (Å²) in [7, 11) is 0. The SMILES string of the molecule is CC(C)[C@H](C)N.O=C(O)C[C@@H]1CCc2ccc3c(c21)CCO3. The number of ether oxygens (including phenoxy) is 1. The van der Waals surface area contributed by atoms with Gasteiger partial charge in [0.25, 0.3) is 0 Å². The Bertz CT molecular complexity index is 531. The molecule has 4 heteroatoms. The van der Waals surface area contributed by atoms with Gasteiger partial charge in [0.15, 0.2) is 0 Å². The zero-order valence-corrected chi connectivity index (χ0v) is 13.8. The molecule has 3 N–H and O–H groups in total. The van der Waals surface area contributed by atoms with Crippen LogP contribution in [-0.4, -0.2) is 23.7 Å². The highest BCUT2D eigenvalue weighted by molar-refractivity contribution is 5.69. The maximum Gasteiger partial charge on any atom is 0.303 e. The molecule has 2 atom stereocenters. The topological polar surface area (TPSA) is 72.6 Å². The number of benzene rings is 1.